The van der Waals surface area contributed by atoms with Gasteiger partial charge in [0, 0.05) is 65.4 Å². The first-order chi connectivity index (χ1) is 19.5. The van der Waals surface area contributed by atoms with Crippen LogP contribution in [0.2, 0.25) is 0 Å². The molecule has 4 rings (SSSR count). The molecule has 4 aromatic rings. The van der Waals surface area contributed by atoms with Crippen molar-refractivity contribution in [1.29, 1.82) is 0 Å². The third-order valence-corrected chi connectivity index (χ3v) is 5.48. The molecule has 0 heterocycles. The molecule has 0 atom stereocenters. The van der Waals surface area contributed by atoms with Gasteiger partial charge in [0.2, 0.25) is 5.75 Å². The molecule has 0 aliphatic heterocycles. The normalized spacial score (nSPS) is 9.32. The molecular weight excluding hydrogens is 730 g/mol. The van der Waals surface area contributed by atoms with Crippen LogP contribution in [-0.2, 0) is 78.3 Å². The molecule has 44 heavy (non-hydrogen) atoms. The summed E-state index contributed by atoms with van der Waals surface area (Å²) >= 11 is 0. The molecule has 0 aliphatic rings. The third-order valence-electron chi connectivity index (χ3n) is 5.48. The summed E-state index contributed by atoms with van der Waals surface area (Å²) in [7, 11) is 0. The second kappa shape index (κ2) is 19.7. The fourth-order valence-corrected chi connectivity index (χ4v) is 3.03. The van der Waals surface area contributed by atoms with E-state index in [-0.39, 0.29) is 117 Å². The molecule has 0 saturated heterocycles. The minimum Gasteiger partial charge on any atom is -0.561 e. The van der Waals surface area contributed by atoms with Crippen LogP contribution in [-0.4, -0.2) is 61.3 Å². The van der Waals surface area contributed by atoms with Crippen molar-refractivity contribution >= 4 is 0 Å². The molecule has 2 radical (unpaired) electrons. The molecule has 14 heteroatoms. The largest absolute Gasteiger partial charge is 0.561 e. The Bertz CT molecular complexity index is 1440. The van der Waals surface area contributed by atoms with Gasteiger partial charge in [0.25, 0.3) is 0 Å². The standard InChI is InChI=1S/2C8H10O3.2C7H7O3.2Y/c1-2-5-3-6(9)8(11)7(10)4-5;1-2-5-3-4-6(9)8(11)7(5)10;1-4-2-5(8)7(10)6(9)3-4;1-4-2-3-5(8)7(10)6(4)9;;/h2*3-4,9-11H,2H2,1H3;2*2-3,8-10H,1H2;;/q;;2*-1;;. The zero-order chi connectivity index (χ0) is 32.3. The van der Waals surface area contributed by atoms with Crippen LogP contribution in [0.25, 0.3) is 0 Å². The smallest absolute Gasteiger partial charge is 0.200 e. The molecule has 0 amide bonds. The molecule has 234 valence electrons. The van der Waals surface area contributed by atoms with Crippen LogP contribution in [0, 0.1) is 13.8 Å². The summed E-state index contributed by atoms with van der Waals surface area (Å²) in [6, 6.07) is 11.0. The predicted octanol–water partition coefficient (Wildman–Crippen LogP) is 4.70. The number of benzene rings is 4. The maximum absolute atomic E-state index is 9.17. The van der Waals surface area contributed by atoms with Crippen LogP contribution in [0.15, 0.2) is 48.5 Å². The topological polar surface area (TPSA) is 243 Å². The van der Waals surface area contributed by atoms with Crippen LogP contribution in [0.3, 0.4) is 0 Å². The Labute approximate surface area is 304 Å². The Kier molecular flexibility index (Phi) is 19.0. The van der Waals surface area contributed by atoms with Gasteiger partial charge in [-0.05, 0) is 42.2 Å². The molecule has 0 aliphatic carbocycles. The van der Waals surface area contributed by atoms with E-state index in [0.29, 0.717) is 24.0 Å². The van der Waals surface area contributed by atoms with E-state index in [1.54, 1.807) is 6.07 Å². The molecule has 0 aromatic heterocycles. The number of phenolic OH excluding ortho intramolecular Hbond substituents is 12. The number of rotatable bonds is 2. The molecular formula is C30H34O12Y2-2. The van der Waals surface area contributed by atoms with Gasteiger partial charge in [-0.3, -0.25) is 0 Å². The Morgan fingerprint density at radius 3 is 1.20 bits per heavy atom. The molecule has 0 saturated carbocycles. The van der Waals surface area contributed by atoms with Gasteiger partial charge in [-0.1, -0.05) is 26.0 Å². The van der Waals surface area contributed by atoms with Gasteiger partial charge >= 0.3 is 0 Å². The number of phenols is 12. The number of aryl methyl sites for hydroxylation is 2. The minimum atomic E-state index is -0.521. The van der Waals surface area contributed by atoms with E-state index in [9.17, 15) is 0 Å². The maximum atomic E-state index is 9.17. The summed E-state index contributed by atoms with van der Waals surface area (Å²) in [6.45, 7) is 10.6. The van der Waals surface area contributed by atoms with Gasteiger partial charge in [0.1, 0.15) is 23.0 Å². The average Bonchev–Trinajstić information content (AvgIpc) is 2.95. The Hall–Kier alpha value is -3.57. The van der Waals surface area contributed by atoms with Gasteiger partial charge < -0.3 is 61.3 Å². The molecule has 0 spiro atoms. The Morgan fingerprint density at radius 2 is 0.818 bits per heavy atom. The second-order valence-electron chi connectivity index (χ2n) is 8.55. The van der Waals surface area contributed by atoms with Gasteiger partial charge in [-0.15, -0.1) is 12.1 Å². The van der Waals surface area contributed by atoms with Gasteiger partial charge in [0.05, 0.1) is 5.75 Å². The van der Waals surface area contributed by atoms with E-state index < -0.39 is 23.0 Å². The summed E-state index contributed by atoms with van der Waals surface area (Å²) in [4.78, 5) is 0. The first-order valence-corrected chi connectivity index (χ1v) is 12.1. The van der Waals surface area contributed by atoms with E-state index >= 15 is 0 Å². The van der Waals surface area contributed by atoms with Crippen molar-refractivity contribution in [2.45, 2.75) is 26.7 Å². The molecule has 12 N–H and O–H groups in total. The zero-order valence-corrected chi connectivity index (χ0v) is 29.6. The first-order valence-electron chi connectivity index (χ1n) is 12.1. The summed E-state index contributed by atoms with van der Waals surface area (Å²) in [5.74, 6) is -4.43. The van der Waals surface area contributed by atoms with Gasteiger partial charge in [0.15, 0.2) is 34.5 Å². The van der Waals surface area contributed by atoms with Crippen LogP contribution in [0.4, 0.5) is 0 Å². The number of hydrogen-bond acceptors (Lipinski definition) is 12. The summed E-state index contributed by atoms with van der Waals surface area (Å²) < 4.78 is 0. The van der Waals surface area contributed by atoms with E-state index in [1.807, 2.05) is 13.8 Å². The van der Waals surface area contributed by atoms with Gasteiger partial charge in [-0.2, -0.15) is 31.0 Å². The zero-order valence-electron chi connectivity index (χ0n) is 24.0. The SMILES string of the molecule is CCc1cc(O)c(O)c(O)c1.CCc1ccc(O)c(O)c1O.[CH2-]c1cc(O)c(O)c(O)c1.[CH2-]c1ccc(O)c(O)c1O.[Y].[Y]. The Balaban J connectivity index is 0. The van der Waals surface area contributed by atoms with Crippen molar-refractivity contribution in [3.63, 3.8) is 0 Å². The van der Waals surface area contributed by atoms with E-state index in [1.165, 1.54) is 42.5 Å². The van der Waals surface area contributed by atoms with Crippen molar-refractivity contribution < 1.29 is 127 Å². The predicted molar refractivity (Wildman–Crippen MR) is 153 cm³/mol. The molecule has 0 fully saturated rings. The van der Waals surface area contributed by atoms with Crippen molar-refractivity contribution in [2.75, 3.05) is 0 Å². The summed E-state index contributed by atoms with van der Waals surface area (Å²) in [5, 5.41) is 107. The van der Waals surface area contributed by atoms with E-state index in [0.717, 1.165) is 5.56 Å². The first kappa shape index (κ1) is 42.6. The van der Waals surface area contributed by atoms with E-state index in [4.69, 9.17) is 61.3 Å². The molecule has 4 aromatic carbocycles. The molecule has 0 unspecified atom stereocenters. The number of hydrogen-bond donors (Lipinski definition) is 12. The Morgan fingerprint density at radius 1 is 0.432 bits per heavy atom. The monoisotopic (exact) mass is 764 g/mol. The maximum Gasteiger partial charge on any atom is 0.200 e. The van der Waals surface area contributed by atoms with Crippen LogP contribution < -0.4 is 0 Å². The van der Waals surface area contributed by atoms with Crippen molar-refractivity contribution in [3.05, 3.63) is 84.6 Å². The quantitative estimate of drug-likeness (QED) is 0.0983. The van der Waals surface area contributed by atoms with Crippen molar-refractivity contribution in [1.82, 2.24) is 0 Å². The van der Waals surface area contributed by atoms with Crippen molar-refractivity contribution in [2.24, 2.45) is 0 Å². The average molecular weight is 764 g/mol. The van der Waals surface area contributed by atoms with Crippen LogP contribution >= 0.6 is 0 Å². The summed E-state index contributed by atoms with van der Waals surface area (Å²) in [6.07, 6.45) is 1.33. The second-order valence-corrected chi connectivity index (χ2v) is 8.55. The fraction of sp³-hybridized carbons (Fsp3) is 0.133. The number of aromatic hydroxyl groups is 12. The van der Waals surface area contributed by atoms with Gasteiger partial charge in [-0.25, -0.2) is 0 Å². The van der Waals surface area contributed by atoms with Crippen LogP contribution in [0.5, 0.6) is 69.0 Å². The molecule has 12 nitrogen and oxygen atoms in total. The van der Waals surface area contributed by atoms with Crippen molar-refractivity contribution in [3.8, 4) is 69.0 Å². The third kappa shape index (κ3) is 12.2. The summed E-state index contributed by atoms with van der Waals surface area (Å²) in [5.41, 5.74) is 2.15. The van der Waals surface area contributed by atoms with E-state index in [2.05, 4.69) is 13.8 Å². The minimum absolute atomic E-state index is 0. The van der Waals surface area contributed by atoms with Crippen LogP contribution in [0.1, 0.15) is 36.1 Å². The molecule has 0 bridgehead atoms. The fourth-order valence-electron chi connectivity index (χ4n) is 3.03.